The van der Waals surface area contributed by atoms with Gasteiger partial charge in [-0.1, -0.05) is 0 Å². The molecule has 0 amide bonds. The number of nitrogens with zero attached hydrogens (tertiary/aromatic N) is 1. The van der Waals surface area contributed by atoms with Crippen molar-refractivity contribution in [3.63, 3.8) is 0 Å². The molecule has 2 nitrogen and oxygen atoms in total. The predicted molar refractivity (Wildman–Crippen MR) is 66.5 cm³/mol. The highest BCUT2D eigenvalue weighted by atomic mass is 32.2. The number of hydrogen-bond donors (Lipinski definition) is 1. The van der Waals surface area contributed by atoms with Crippen LogP contribution in [0.2, 0.25) is 0 Å². The average molecular weight is 239 g/mol. The standard InChI is InChI=1S/C11H13NOS2/c12-7-1-2-8-15-9-13-10-3-5-11(14)6-4-10/h3-6,14H,1-2,8-9H2. The molecular formula is C11H13NOS2. The molecule has 0 N–H and O–H groups in total. The molecule has 0 bridgehead atoms. The molecule has 0 aliphatic heterocycles. The van der Waals surface area contributed by atoms with Crippen LogP contribution in [0.1, 0.15) is 12.8 Å². The molecule has 0 saturated carbocycles. The van der Waals surface area contributed by atoms with Gasteiger partial charge in [-0.2, -0.15) is 5.26 Å². The molecule has 0 unspecified atom stereocenters. The maximum Gasteiger partial charge on any atom is 0.134 e. The number of benzene rings is 1. The van der Waals surface area contributed by atoms with Gasteiger partial charge in [0.1, 0.15) is 11.7 Å². The van der Waals surface area contributed by atoms with Gasteiger partial charge in [-0.05, 0) is 36.4 Å². The van der Waals surface area contributed by atoms with Gasteiger partial charge in [0.2, 0.25) is 0 Å². The monoisotopic (exact) mass is 239 g/mol. The largest absolute Gasteiger partial charge is 0.483 e. The second kappa shape index (κ2) is 7.49. The molecule has 0 spiro atoms. The highest BCUT2D eigenvalue weighted by molar-refractivity contribution is 7.99. The lowest BCUT2D eigenvalue weighted by Gasteiger charge is -2.05. The third-order valence-corrected chi connectivity index (χ3v) is 2.88. The van der Waals surface area contributed by atoms with E-state index >= 15 is 0 Å². The van der Waals surface area contributed by atoms with Gasteiger partial charge in [0.05, 0.1) is 6.07 Å². The molecule has 15 heavy (non-hydrogen) atoms. The summed E-state index contributed by atoms with van der Waals surface area (Å²) in [5, 5.41) is 8.33. The van der Waals surface area contributed by atoms with E-state index in [-0.39, 0.29) is 0 Å². The molecule has 0 radical (unpaired) electrons. The van der Waals surface area contributed by atoms with E-state index in [1.54, 1.807) is 11.8 Å². The highest BCUT2D eigenvalue weighted by Crippen LogP contribution is 2.16. The van der Waals surface area contributed by atoms with Crippen LogP contribution in [-0.4, -0.2) is 11.7 Å². The number of nitriles is 1. The maximum absolute atomic E-state index is 8.33. The Balaban J connectivity index is 2.10. The summed E-state index contributed by atoms with van der Waals surface area (Å²) < 4.78 is 5.49. The Morgan fingerprint density at radius 3 is 2.73 bits per heavy atom. The lowest BCUT2D eigenvalue weighted by Crippen LogP contribution is -1.93. The van der Waals surface area contributed by atoms with Crippen molar-refractivity contribution >= 4 is 24.4 Å². The van der Waals surface area contributed by atoms with E-state index in [2.05, 4.69) is 18.7 Å². The molecule has 0 aromatic heterocycles. The van der Waals surface area contributed by atoms with Crippen molar-refractivity contribution in [3.05, 3.63) is 24.3 Å². The van der Waals surface area contributed by atoms with E-state index in [0.29, 0.717) is 12.4 Å². The van der Waals surface area contributed by atoms with E-state index in [1.807, 2.05) is 24.3 Å². The first-order chi connectivity index (χ1) is 7.33. The van der Waals surface area contributed by atoms with E-state index in [9.17, 15) is 0 Å². The first kappa shape index (κ1) is 12.3. The zero-order valence-electron chi connectivity index (χ0n) is 8.35. The summed E-state index contributed by atoms with van der Waals surface area (Å²) in [4.78, 5) is 0.934. The van der Waals surface area contributed by atoms with Gasteiger partial charge in [-0.25, -0.2) is 0 Å². The lowest BCUT2D eigenvalue weighted by atomic mass is 10.3. The number of thioether (sulfide) groups is 1. The fraction of sp³-hybridized carbons (Fsp3) is 0.364. The van der Waals surface area contributed by atoms with E-state index in [0.717, 1.165) is 22.8 Å². The summed E-state index contributed by atoms with van der Waals surface area (Å²) in [6, 6.07) is 9.72. The molecule has 80 valence electrons. The van der Waals surface area contributed by atoms with Gasteiger partial charge in [0.15, 0.2) is 0 Å². The minimum absolute atomic E-state index is 0.626. The first-order valence-corrected chi connectivity index (χ1v) is 6.29. The van der Waals surface area contributed by atoms with Gasteiger partial charge in [0, 0.05) is 11.3 Å². The first-order valence-electron chi connectivity index (χ1n) is 4.69. The molecule has 0 aliphatic rings. The molecule has 0 atom stereocenters. The Hall–Kier alpha value is -0.790. The van der Waals surface area contributed by atoms with Gasteiger partial charge in [-0.3, -0.25) is 0 Å². The van der Waals surface area contributed by atoms with Gasteiger partial charge >= 0.3 is 0 Å². The topological polar surface area (TPSA) is 33.0 Å². The zero-order valence-corrected chi connectivity index (χ0v) is 10.1. The van der Waals surface area contributed by atoms with Crippen LogP contribution < -0.4 is 4.74 Å². The van der Waals surface area contributed by atoms with Crippen molar-refractivity contribution in [1.82, 2.24) is 0 Å². The number of hydrogen-bond acceptors (Lipinski definition) is 4. The van der Waals surface area contributed by atoms with Crippen LogP contribution in [0.5, 0.6) is 5.75 Å². The summed E-state index contributed by atoms with van der Waals surface area (Å²) in [7, 11) is 0. The Kier molecular flexibility index (Phi) is 6.14. The summed E-state index contributed by atoms with van der Waals surface area (Å²) in [5.41, 5.74) is 0. The van der Waals surface area contributed by atoms with Crippen LogP contribution in [0.15, 0.2) is 29.2 Å². The lowest BCUT2D eigenvalue weighted by molar-refractivity contribution is 0.392. The second-order valence-electron chi connectivity index (χ2n) is 2.93. The fourth-order valence-electron chi connectivity index (χ4n) is 0.964. The van der Waals surface area contributed by atoms with E-state index in [4.69, 9.17) is 10.00 Å². The van der Waals surface area contributed by atoms with Gasteiger partial charge in [0.25, 0.3) is 0 Å². The number of ether oxygens (including phenoxy) is 1. The molecule has 4 heteroatoms. The smallest absolute Gasteiger partial charge is 0.134 e. The molecule has 1 aromatic rings. The number of rotatable bonds is 6. The minimum atomic E-state index is 0.626. The Morgan fingerprint density at radius 1 is 1.33 bits per heavy atom. The normalized spacial score (nSPS) is 9.60. The maximum atomic E-state index is 8.33. The summed E-state index contributed by atoms with van der Waals surface area (Å²) in [6.07, 6.45) is 1.56. The van der Waals surface area contributed by atoms with Crippen molar-refractivity contribution < 1.29 is 4.74 Å². The minimum Gasteiger partial charge on any atom is -0.483 e. The Morgan fingerprint density at radius 2 is 2.07 bits per heavy atom. The molecule has 0 heterocycles. The Bertz CT molecular complexity index is 318. The van der Waals surface area contributed by atoms with Gasteiger partial charge in [-0.15, -0.1) is 24.4 Å². The quantitative estimate of drug-likeness (QED) is 0.469. The summed E-state index contributed by atoms with van der Waals surface area (Å²) >= 11 is 5.89. The van der Waals surface area contributed by atoms with Crippen LogP contribution in [-0.2, 0) is 0 Å². The SMILES string of the molecule is N#CCCCSCOc1ccc(S)cc1. The fourth-order valence-corrected chi connectivity index (χ4v) is 1.80. The molecule has 1 aromatic carbocycles. The van der Waals surface area contributed by atoms with Crippen molar-refractivity contribution in [3.8, 4) is 11.8 Å². The van der Waals surface area contributed by atoms with Crippen molar-refractivity contribution in [2.75, 3.05) is 11.7 Å². The van der Waals surface area contributed by atoms with Crippen molar-refractivity contribution in [2.45, 2.75) is 17.7 Å². The third kappa shape index (κ3) is 5.60. The highest BCUT2D eigenvalue weighted by Gasteiger charge is 1.93. The Labute approximate surface area is 100 Å². The molecule has 0 aliphatic carbocycles. The zero-order chi connectivity index (χ0) is 10.9. The van der Waals surface area contributed by atoms with Crippen LogP contribution in [0.4, 0.5) is 0 Å². The molecule has 0 fully saturated rings. The second-order valence-corrected chi connectivity index (χ2v) is 4.49. The molecule has 1 rings (SSSR count). The van der Waals surface area contributed by atoms with Crippen LogP contribution in [0, 0.1) is 11.3 Å². The van der Waals surface area contributed by atoms with Crippen LogP contribution in [0.25, 0.3) is 0 Å². The van der Waals surface area contributed by atoms with Crippen LogP contribution in [0.3, 0.4) is 0 Å². The van der Waals surface area contributed by atoms with E-state index in [1.165, 1.54) is 0 Å². The molecular weight excluding hydrogens is 226 g/mol. The van der Waals surface area contributed by atoms with E-state index < -0.39 is 0 Å². The van der Waals surface area contributed by atoms with Crippen molar-refractivity contribution in [1.29, 1.82) is 5.26 Å². The summed E-state index contributed by atoms with van der Waals surface area (Å²) in [6.45, 7) is 0. The molecule has 0 saturated heterocycles. The number of thiol groups is 1. The summed E-state index contributed by atoms with van der Waals surface area (Å²) in [5.74, 6) is 2.47. The van der Waals surface area contributed by atoms with Gasteiger partial charge < -0.3 is 4.74 Å². The number of unbranched alkanes of at least 4 members (excludes halogenated alkanes) is 1. The van der Waals surface area contributed by atoms with Crippen LogP contribution >= 0.6 is 24.4 Å². The third-order valence-electron chi connectivity index (χ3n) is 1.72. The van der Waals surface area contributed by atoms with Crippen molar-refractivity contribution in [2.24, 2.45) is 0 Å². The predicted octanol–water partition coefficient (Wildman–Crippen LogP) is 3.35. The average Bonchev–Trinajstić information content (AvgIpc) is 2.26.